The molecule has 0 radical (unpaired) electrons. The standard InChI is InChI=1S/C41H46N4O5/c1-6-50-36-11-7-31(8-12-36)37-23-29(15-19-42-37)27-44-21-17-34(18-22-44)45(33-9-13-35(46-2)14-10-33)28-30-16-20-43-38(24-30)32-25-39(47-3)41(49-5)40(26-32)48-4/h7-16,19-20,23-26,34H,6,17-18,21-22,27-28H2,1-5H3. The molecule has 3 aromatic carbocycles. The van der Waals surface area contributed by atoms with Crippen molar-refractivity contribution in [2.75, 3.05) is 53.0 Å². The average Bonchev–Trinajstić information content (AvgIpc) is 3.17. The molecule has 6 rings (SSSR count). The van der Waals surface area contributed by atoms with E-state index in [1.165, 1.54) is 16.8 Å². The van der Waals surface area contributed by atoms with Crippen LogP contribution in [0.5, 0.6) is 28.7 Å². The Balaban J connectivity index is 1.18. The van der Waals surface area contributed by atoms with Crippen molar-refractivity contribution in [3.8, 4) is 51.3 Å². The zero-order valence-electron chi connectivity index (χ0n) is 29.6. The molecule has 1 fully saturated rings. The van der Waals surface area contributed by atoms with E-state index in [2.05, 4.69) is 63.3 Å². The summed E-state index contributed by atoms with van der Waals surface area (Å²) in [6, 6.07) is 29.4. The van der Waals surface area contributed by atoms with Gasteiger partial charge in [0.2, 0.25) is 5.75 Å². The number of nitrogens with zero attached hydrogens (tertiary/aromatic N) is 4. The molecule has 1 saturated heterocycles. The van der Waals surface area contributed by atoms with Crippen LogP contribution in [0, 0.1) is 0 Å². The predicted octanol–water partition coefficient (Wildman–Crippen LogP) is 7.91. The molecule has 0 bridgehead atoms. The van der Waals surface area contributed by atoms with Gasteiger partial charge in [0, 0.05) is 61.4 Å². The molecule has 0 aliphatic carbocycles. The fourth-order valence-corrected chi connectivity index (χ4v) is 6.63. The summed E-state index contributed by atoms with van der Waals surface area (Å²) >= 11 is 0. The quantitative estimate of drug-likeness (QED) is 0.117. The summed E-state index contributed by atoms with van der Waals surface area (Å²) < 4.78 is 27.9. The van der Waals surface area contributed by atoms with Crippen LogP contribution in [0.2, 0.25) is 0 Å². The molecule has 0 unspecified atom stereocenters. The van der Waals surface area contributed by atoms with Gasteiger partial charge >= 0.3 is 0 Å². The maximum absolute atomic E-state index is 5.61. The van der Waals surface area contributed by atoms with Crippen molar-refractivity contribution in [1.82, 2.24) is 14.9 Å². The van der Waals surface area contributed by atoms with Gasteiger partial charge < -0.3 is 28.6 Å². The van der Waals surface area contributed by atoms with E-state index in [-0.39, 0.29) is 0 Å². The van der Waals surface area contributed by atoms with Gasteiger partial charge in [-0.1, -0.05) is 0 Å². The Kier molecular flexibility index (Phi) is 11.4. The van der Waals surface area contributed by atoms with Crippen molar-refractivity contribution in [2.24, 2.45) is 0 Å². The Bertz CT molecular complexity index is 1810. The molecule has 260 valence electrons. The van der Waals surface area contributed by atoms with Gasteiger partial charge in [-0.25, -0.2) is 0 Å². The molecule has 2 aromatic heterocycles. The number of hydrogen-bond acceptors (Lipinski definition) is 9. The molecule has 50 heavy (non-hydrogen) atoms. The third-order valence-electron chi connectivity index (χ3n) is 9.23. The first-order chi connectivity index (χ1) is 24.5. The first-order valence-corrected chi connectivity index (χ1v) is 17.1. The van der Waals surface area contributed by atoms with Crippen molar-refractivity contribution < 1.29 is 23.7 Å². The number of hydrogen-bond donors (Lipinski definition) is 0. The molecule has 5 aromatic rings. The summed E-state index contributed by atoms with van der Waals surface area (Å²) in [5, 5.41) is 0. The number of likely N-dealkylation sites (tertiary alicyclic amines) is 1. The number of piperidine rings is 1. The van der Waals surface area contributed by atoms with Crippen LogP contribution in [-0.4, -0.2) is 69.0 Å². The lowest BCUT2D eigenvalue weighted by Gasteiger charge is -2.40. The molecule has 9 heteroatoms. The van der Waals surface area contributed by atoms with Gasteiger partial charge in [0.1, 0.15) is 11.5 Å². The molecule has 1 aliphatic rings. The number of aromatic nitrogens is 2. The number of ether oxygens (including phenoxy) is 5. The monoisotopic (exact) mass is 674 g/mol. The van der Waals surface area contributed by atoms with Gasteiger partial charge in [0.25, 0.3) is 0 Å². The van der Waals surface area contributed by atoms with Gasteiger partial charge in [-0.05, 0) is 116 Å². The minimum absolute atomic E-state index is 0.370. The number of methoxy groups -OCH3 is 4. The van der Waals surface area contributed by atoms with Crippen molar-refractivity contribution in [2.45, 2.75) is 38.9 Å². The van der Waals surface area contributed by atoms with Crippen LogP contribution >= 0.6 is 0 Å². The van der Waals surface area contributed by atoms with Crippen LogP contribution in [0.3, 0.4) is 0 Å². The van der Waals surface area contributed by atoms with Crippen LogP contribution in [0.25, 0.3) is 22.5 Å². The molecular formula is C41H46N4O5. The van der Waals surface area contributed by atoms with Crippen LogP contribution in [0.1, 0.15) is 30.9 Å². The average molecular weight is 675 g/mol. The predicted molar refractivity (Wildman–Crippen MR) is 198 cm³/mol. The summed E-state index contributed by atoms with van der Waals surface area (Å²) in [5.41, 5.74) is 7.42. The van der Waals surface area contributed by atoms with Crippen molar-refractivity contribution in [1.29, 1.82) is 0 Å². The Hall–Kier alpha value is -5.28. The van der Waals surface area contributed by atoms with Crippen LogP contribution in [0.15, 0.2) is 97.3 Å². The van der Waals surface area contributed by atoms with E-state index >= 15 is 0 Å². The highest BCUT2D eigenvalue weighted by Crippen LogP contribution is 2.41. The Morgan fingerprint density at radius 2 is 1.26 bits per heavy atom. The van der Waals surface area contributed by atoms with Crippen molar-refractivity contribution in [3.63, 3.8) is 0 Å². The van der Waals surface area contributed by atoms with Gasteiger partial charge in [-0.15, -0.1) is 0 Å². The van der Waals surface area contributed by atoms with Crippen LogP contribution in [-0.2, 0) is 13.1 Å². The molecule has 0 saturated carbocycles. The molecule has 0 spiro atoms. The normalized spacial score (nSPS) is 13.5. The second-order valence-electron chi connectivity index (χ2n) is 12.3. The molecule has 1 aliphatic heterocycles. The lowest BCUT2D eigenvalue weighted by molar-refractivity contribution is 0.201. The zero-order chi connectivity index (χ0) is 34.9. The number of rotatable bonds is 14. The number of benzene rings is 3. The van der Waals surface area contributed by atoms with Crippen LogP contribution < -0.4 is 28.6 Å². The van der Waals surface area contributed by atoms with E-state index in [0.29, 0.717) is 29.9 Å². The molecule has 0 amide bonds. The SMILES string of the molecule is CCOc1ccc(-c2cc(CN3CCC(N(Cc4ccnc(-c5cc(OC)c(OC)c(OC)c5)c4)c4ccc(OC)cc4)CC3)ccn2)cc1. The topological polar surface area (TPSA) is 78.4 Å². The highest BCUT2D eigenvalue weighted by Gasteiger charge is 2.26. The third-order valence-corrected chi connectivity index (χ3v) is 9.23. The second-order valence-corrected chi connectivity index (χ2v) is 12.3. The number of pyridine rings is 2. The molecule has 0 atom stereocenters. The van der Waals surface area contributed by atoms with E-state index in [1.54, 1.807) is 28.4 Å². The second kappa shape index (κ2) is 16.4. The first kappa shape index (κ1) is 34.6. The number of anilines is 1. The summed E-state index contributed by atoms with van der Waals surface area (Å²) in [5.74, 6) is 3.48. The highest BCUT2D eigenvalue weighted by molar-refractivity contribution is 5.69. The molecule has 3 heterocycles. The molecule has 9 nitrogen and oxygen atoms in total. The van der Waals surface area contributed by atoms with Gasteiger partial charge in [0.05, 0.1) is 46.4 Å². The first-order valence-electron chi connectivity index (χ1n) is 17.1. The largest absolute Gasteiger partial charge is 0.497 e. The third kappa shape index (κ3) is 8.12. The minimum Gasteiger partial charge on any atom is -0.497 e. The lowest BCUT2D eigenvalue weighted by Crippen LogP contribution is -2.44. The Morgan fingerprint density at radius 3 is 1.86 bits per heavy atom. The zero-order valence-corrected chi connectivity index (χ0v) is 29.6. The van der Waals surface area contributed by atoms with Crippen LogP contribution in [0.4, 0.5) is 5.69 Å². The van der Waals surface area contributed by atoms with Gasteiger partial charge in [0.15, 0.2) is 11.5 Å². The maximum Gasteiger partial charge on any atom is 0.203 e. The Labute approximate surface area is 295 Å². The summed E-state index contributed by atoms with van der Waals surface area (Å²) in [4.78, 5) is 14.4. The Morgan fingerprint density at radius 1 is 0.660 bits per heavy atom. The van der Waals surface area contributed by atoms with E-state index in [0.717, 1.165) is 73.0 Å². The lowest BCUT2D eigenvalue weighted by atomic mass is 10.00. The fourth-order valence-electron chi connectivity index (χ4n) is 6.63. The summed E-state index contributed by atoms with van der Waals surface area (Å²) in [7, 11) is 6.56. The van der Waals surface area contributed by atoms with E-state index < -0.39 is 0 Å². The minimum atomic E-state index is 0.370. The van der Waals surface area contributed by atoms with Gasteiger partial charge in [-0.3, -0.25) is 14.9 Å². The summed E-state index contributed by atoms with van der Waals surface area (Å²) in [6.45, 7) is 6.30. The highest BCUT2D eigenvalue weighted by atomic mass is 16.5. The van der Waals surface area contributed by atoms with E-state index in [9.17, 15) is 0 Å². The smallest absolute Gasteiger partial charge is 0.203 e. The molecular weight excluding hydrogens is 628 g/mol. The van der Waals surface area contributed by atoms with Crippen molar-refractivity contribution >= 4 is 5.69 Å². The summed E-state index contributed by atoms with van der Waals surface area (Å²) in [6.07, 6.45) is 5.89. The molecule has 0 N–H and O–H groups in total. The van der Waals surface area contributed by atoms with Gasteiger partial charge in [-0.2, -0.15) is 0 Å². The van der Waals surface area contributed by atoms with E-state index in [4.69, 9.17) is 28.7 Å². The van der Waals surface area contributed by atoms with Crippen molar-refractivity contribution in [3.05, 3.63) is 108 Å². The van der Waals surface area contributed by atoms with E-state index in [1.807, 2.05) is 55.7 Å². The fraction of sp³-hybridized carbons (Fsp3) is 0.317. The maximum atomic E-state index is 5.61.